The van der Waals surface area contributed by atoms with E-state index < -0.39 is 17.6 Å². The van der Waals surface area contributed by atoms with Gasteiger partial charge < -0.3 is 9.55 Å². The molecule has 28 heavy (non-hydrogen) atoms. The van der Waals surface area contributed by atoms with Crippen molar-refractivity contribution in [2.24, 2.45) is 7.05 Å². The Morgan fingerprint density at radius 3 is 2.75 bits per heavy atom. The highest BCUT2D eigenvalue weighted by Crippen LogP contribution is 2.28. The van der Waals surface area contributed by atoms with Crippen molar-refractivity contribution in [1.82, 2.24) is 9.55 Å². The zero-order valence-electron chi connectivity index (χ0n) is 14.9. The molecule has 0 fully saturated rings. The monoisotopic (exact) mass is 396 g/mol. The highest BCUT2D eigenvalue weighted by atomic mass is 35.5. The summed E-state index contributed by atoms with van der Waals surface area (Å²) in [5, 5.41) is 0.488. The van der Waals surface area contributed by atoms with Gasteiger partial charge in [-0.25, -0.2) is 8.78 Å². The normalized spacial score (nSPS) is 11.1. The number of hydrogen-bond donors (Lipinski definition) is 1. The average molecular weight is 397 g/mol. The Balaban J connectivity index is 1.96. The second-order valence-electron chi connectivity index (χ2n) is 6.07. The maximum absolute atomic E-state index is 14.4. The molecule has 0 bridgehead atoms. The fourth-order valence-corrected chi connectivity index (χ4v) is 2.95. The van der Waals surface area contributed by atoms with Crippen LogP contribution in [0.3, 0.4) is 0 Å². The number of hydrogen-bond acceptors (Lipinski definition) is 1. The summed E-state index contributed by atoms with van der Waals surface area (Å²) in [4.78, 5) is 15.3. The fourth-order valence-electron chi connectivity index (χ4n) is 2.79. The van der Waals surface area contributed by atoms with Gasteiger partial charge in [0, 0.05) is 43.5 Å². The third-order valence-corrected chi connectivity index (χ3v) is 4.52. The van der Waals surface area contributed by atoms with Gasteiger partial charge in [-0.3, -0.25) is 4.79 Å². The highest BCUT2D eigenvalue weighted by Gasteiger charge is 2.21. The molecule has 3 aromatic rings. The molecular formula is C22H15ClF2N2O. The van der Waals surface area contributed by atoms with E-state index in [-0.39, 0.29) is 17.5 Å². The third-order valence-electron chi connectivity index (χ3n) is 4.21. The van der Waals surface area contributed by atoms with Crippen LogP contribution in [0, 0.1) is 35.3 Å². The standard InChI is InChI=1S/C22H15ClF2N2O/c1-27-11-5-8-18(22(27)28)17(19-12-16(24)9-10-21(19)25)7-4-2-3-6-15-13-26-14-20(15)23/h5,8-14,17,26H,7H2,1H3. The Labute approximate surface area is 166 Å². The SMILES string of the molecule is Cn1cccc(C(CC#CC#Cc2c[nH]cc2Cl)c2cc(F)ccc2F)c1=O. The molecule has 0 radical (unpaired) electrons. The lowest BCUT2D eigenvalue weighted by atomic mass is 9.89. The molecule has 3 rings (SSSR count). The van der Waals surface area contributed by atoms with Crippen molar-refractivity contribution >= 4 is 11.6 Å². The summed E-state index contributed by atoms with van der Waals surface area (Å²) < 4.78 is 29.5. The molecule has 140 valence electrons. The van der Waals surface area contributed by atoms with E-state index in [2.05, 4.69) is 28.7 Å². The summed E-state index contributed by atoms with van der Waals surface area (Å²) >= 11 is 5.93. The first-order valence-electron chi connectivity index (χ1n) is 8.39. The minimum Gasteiger partial charge on any atom is -0.365 e. The van der Waals surface area contributed by atoms with E-state index in [0.29, 0.717) is 16.1 Å². The number of aromatic amines is 1. The van der Waals surface area contributed by atoms with Gasteiger partial charge in [-0.05, 0) is 47.6 Å². The molecule has 1 atom stereocenters. The van der Waals surface area contributed by atoms with Crippen molar-refractivity contribution in [3.63, 3.8) is 0 Å². The zero-order chi connectivity index (χ0) is 20.1. The molecule has 1 N–H and O–H groups in total. The average Bonchev–Trinajstić information content (AvgIpc) is 3.08. The molecule has 3 nitrogen and oxygen atoms in total. The third kappa shape index (κ3) is 4.34. The minimum atomic E-state index is -0.722. The number of pyridine rings is 1. The van der Waals surface area contributed by atoms with Crippen LogP contribution in [0.2, 0.25) is 5.02 Å². The molecule has 0 saturated carbocycles. The molecule has 2 aromatic heterocycles. The Bertz CT molecular complexity index is 1190. The Kier molecular flexibility index (Phi) is 5.99. The van der Waals surface area contributed by atoms with Crippen molar-refractivity contribution < 1.29 is 8.78 Å². The van der Waals surface area contributed by atoms with Crippen molar-refractivity contribution in [3.8, 4) is 23.7 Å². The van der Waals surface area contributed by atoms with Crippen LogP contribution in [-0.2, 0) is 7.05 Å². The topological polar surface area (TPSA) is 37.8 Å². The Morgan fingerprint density at radius 2 is 2.00 bits per heavy atom. The van der Waals surface area contributed by atoms with E-state index >= 15 is 0 Å². The summed E-state index contributed by atoms with van der Waals surface area (Å²) in [6, 6.07) is 6.47. The van der Waals surface area contributed by atoms with Gasteiger partial charge in [-0.2, -0.15) is 0 Å². The van der Waals surface area contributed by atoms with Crippen LogP contribution in [0.4, 0.5) is 8.78 Å². The molecule has 0 aliphatic carbocycles. The first kappa shape index (κ1) is 19.5. The van der Waals surface area contributed by atoms with Gasteiger partial charge in [-0.1, -0.05) is 23.6 Å². The molecule has 6 heteroatoms. The van der Waals surface area contributed by atoms with Gasteiger partial charge in [0.2, 0.25) is 0 Å². The highest BCUT2D eigenvalue weighted by molar-refractivity contribution is 6.31. The van der Waals surface area contributed by atoms with Crippen LogP contribution >= 0.6 is 11.6 Å². The Morgan fingerprint density at radius 1 is 1.18 bits per heavy atom. The summed E-state index contributed by atoms with van der Waals surface area (Å²) in [5.74, 6) is 9.10. The van der Waals surface area contributed by atoms with Crippen LogP contribution in [0.15, 0.2) is 53.7 Å². The van der Waals surface area contributed by atoms with E-state index in [4.69, 9.17) is 11.6 Å². The van der Waals surface area contributed by atoms with Crippen LogP contribution in [0.1, 0.15) is 29.0 Å². The number of H-pyrrole nitrogens is 1. The predicted octanol–water partition coefficient (Wildman–Crippen LogP) is 4.22. The van der Waals surface area contributed by atoms with E-state index in [0.717, 1.165) is 18.2 Å². The lowest BCUT2D eigenvalue weighted by Crippen LogP contribution is -2.23. The molecular weight excluding hydrogens is 382 g/mol. The zero-order valence-corrected chi connectivity index (χ0v) is 15.6. The molecule has 0 amide bonds. The summed E-state index contributed by atoms with van der Waals surface area (Å²) in [6.45, 7) is 0. The first-order chi connectivity index (χ1) is 13.5. The molecule has 1 aromatic carbocycles. The van der Waals surface area contributed by atoms with Gasteiger partial charge in [0.1, 0.15) is 11.6 Å². The fraction of sp³-hybridized carbons (Fsp3) is 0.136. The first-order valence-corrected chi connectivity index (χ1v) is 8.77. The molecule has 0 aliphatic rings. The number of nitrogens with one attached hydrogen (secondary N) is 1. The van der Waals surface area contributed by atoms with Gasteiger partial charge in [-0.15, -0.1) is 0 Å². The number of aromatic nitrogens is 2. The van der Waals surface area contributed by atoms with Crippen molar-refractivity contribution in [2.45, 2.75) is 12.3 Å². The molecule has 0 spiro atoms. The molecule has 1 unspecified atom stereocenters. The quantitative estimate of drug-likeness (QED) is 0.661. The lowest BCUT2D eigenvalue weighted by molar-refractivity contribution is 0.574. The molecule has 2 heterocycles. The van der Waals surface area contributed by atoms with E-state index in [1.54, 1.807) is 37.8 Å². The summed E-state index contributed by atoms with van der Waals surface area (Å²) in [5.41, 5.74) is 0.744. The summed E-state index contributed by atoms with van der Waals surface area (Å²) in [7, 11) is 1.60. The van der Waals surface area contributed by atoms with Crippen molar-refractivity contribution in [3.05, 3.63) is 92.6 Å². The minimum absolute atomic E-state index is 0.0826. The van der Waals surface area contributed by atoms with Gasteiger partial charge in [0.05, 0.1) is 10.6 Å². The molecule has 0 aliphatic heterocycles. The maximum Gasteiger partial charge on any atom is 0.254 e. The van der Waals surface area contributed by atoms with Crippen LogP contribution in [0.5, 0.6) is 0 Å². The van der Waals surface area contributed by atoms with Crippen LogP contribution in [-0.4, -0.2) is 9.55 Å². The van der Waals surface area contributed by atoms with Crippen LogP contribution < -0.4 is 5.56 Å². The van der Waals surface area contributed by atoms with E-state index in [1.807, 2.05) is 0 Å². The van der Waals surface area contributed by atoms with Crippen LogP contribution in [0.25, 0.3) is 0 Å². The van der Waals surface area contributed by atoms with Gasteiger partial charge in [0.25, 0.3) is 5.56 Å². The maximum atomic E-state index is 14.4. The summed E-state index contributed by atoms with van der Waals surface area (Å²) in [6.07, 6.45) is 4.96. The van der Waals surface area contributed by atoms with E-state index in [1.165, 1.54) is 4.57 Å². The number of aryl methyl sites for hydroxylation is 1. The number of rotatable bonds is 3. The Hall–Kier alpha value is -3.28. The predicted molar refractivity (Wildman–Crippen MR) is 105 cm³/mol. The second-order valence-corrected chi connectivity index (χ2v) is 6.48. The number of benzene rings is 1. The van der Waals surface area contributed by atoms with E-state index in [9.17, 15) is 13.6 Å². The smallest absolute Gasteiger partial charge is 0.254 e. The second kappa shape index (κ2) is 8.61. The van der Waals surface area contributed by atoms with Crippen molar-refractivity contribution in [1.29, 1.82) is 0 Å². The number of nitrogens with zero attached hydrogens (tertiary/aromatic N) is 1. The largest absolute Gasteiger partial charge is 0.365 e. The molecule has 0 saturated heterocycles. The van der Waals surface area contributed by atoms with Crippen molar-refractivity contribution in [2.75, 3.05) is 0 Å². The lowest BCUT2D eigenvalue weighted by Gasteiger charge is -2.16. The number of halogens is 3. The van der Waals surface area contributed by atoms with Gasteiger partial charge in [0.15, 0.2) is 0 Å². The van der Waals surface area contributed by atoms with Gasteiger partial charge >= 0.3 is 0 Å².